The first-order valence-corrected chi connectivity index (χ1v) is 17.4. The Labute approximate surface area is 259 Å². The minimum atomic E-state index is -0.796. The number of hydrogen-bond donors (Lipinski definition) is 0. The van der Waals surface area contributed by atoms with E-state index in [0.717, 1.165) is 49.1 Å². The zero-order chi connectivity index (χ0) is 30.4. The minimum Gasteiger partial charge on any atom is -0.206 e. The Bertz CT molecular complexity index is 1240. The smallest absolute Gasteiger partial charge is 0.166 e. The maximum Gasteiger partial charge on any atom is 0.166 e. The first-order chi connectivity index (χ1) is 21.0. The van der Waals surface area contributed by atoms with E-state index in [2.05, 4.69) is 19.9 Å². The molecule has 0 radical (unpaired) electrons. The van der Waals surface area contributed by atoms with Crippen LogP contribution in [0.1, 0.15) is 140 Å². The molecular formula is C40H53F3. The van der Waals surface area contributed by atoms with Crippen LogP contribution >= 0.6 is 0 Å². The molecule has 0 unspecified atom stereocenters. The topological polar surface area (TPSA) is 0 Å². The molecule has 3 aromatic carbocycles. The van der Waals surface area contributed by atoms with E-state index in [1.54, 1.807) is 30.3 Å². The van der Waals surface area contributed by atoms with Crippen LogP contribution in [0.3, 0.4) is 0 Å². The van der Waals surface area contributed by atoms with Gasteiger partial charge in [0.2, 0.25) is 0 Å². The monoisotopic (exact) mass is 590 g/mol. The number of aryl methyl sites for hydroxylation is 1. The summed E-state index contributed by atoms with van der Waals surface area (Å²) >= 11 is 0. The van der Waals surface area contributed by atoms with Crippen molar-refractivity contribution in [2.24, 2.45) is 5.92 Å². The number of benzene rings is 3. The van der Waals surface area contributed by atoms with E-state index in [4.69, 9.17) is 0 Å². The summed E-state index contributed by atoms with van der Waals surface area (Å²) in [5.74, 6) is -0.477. The van der Waals surface area contributed by atoms with Crippen LogP contribution in [-0.4, -0.2) is 0 Å². The fourth-order valence-corrected chi connectivity index (χ4v) is 6.95. The zero-order valence-corrected chi connectivity index (χ0v) is 26.7. The predicted octanol–water partition coefficient (Wildman–Crippen LogP) is 13.4. The van der Waals surface area contributed by atoms with Crippen molar-refractivity contribution in [1.82, 2.24) is 0 Å². The maximum atomic E-state index is 15.3. The van der Waals surface area contributed by atoms with Gasteiger partial charge in [-0.05, 0) is 78.7 Å². The van der Waals surface area contributed by atoms with Crippen LogP contribution < -0.4 is 0 Å². The summed E-state index contributed by atoms with van der Waals surface area (Å²) in [6.07, 6.45) is 21.5. The van der Waals surface area contributed by atoms with E-state index in [1.165, 1.54) is 77.0 Å². The molecule has 1 saturated carbocycles. The SMILES string of the molecule is CCCCCCCCCc1ccc(-c2ccc(-c3ccc(C4CCC(CCCCCCC)CC4)cc3F)cc2)c(F)c1F. The van der Waals surface area contributed by atoms with Gasteiger partial charge in [-0.15, -0.1) is 0 Å². The molecule has 0 N–H and O–H groups in total. The second-order valence-corrected chi connectivity index (χ2v) is 13.0. The lowest BCUT2D eigenvalue weighted by Crippen LogP contribution is -2.13. The molecule has 4 rings (SSSR count). The molecule has 0 amide bonds. The Morgan fingerprint density at radius 2 is 1.12 bits per heavy atom. The van der Waals surface area contributed by atoms with Gasteiger partial charge in [0.25, 0.3) is 0 Å². The van der Waals surface area contributed by atoms with Gasteiger partial charge in [-0.2, -0.15) is 0 Å². The standard InChI is InChI=1S/C40H53F3/c1-3-5-7-9-10-12-14-16-34-25-28-37(40(43)39(34)42)33-23-21-32(22-24-33)36-27-26-35(29-38(36)41)31-19-17-30(18-20-31)15-13-11-8-6-4-2/h21-31H,3-20H2,1-2H3. The summed E-state index contributed by atoms with van der Waals surface area (Å²) in [5, 5.41) is 0. The first kappa shape index (κ1) is 33.3. The average molecular weight is 591 g/mol. The van der Waals surface area contributed by atoms with E-state index in [9.17, 15) is 4.39 Å². The van der Waals surface area contributed by atoms with Gasteiger partial charge in [0.15, 0.2) is 11.6 Å². The molecule has 3 aromatic rings. The van der Waals surface area contributed by atoms with E-state index in [0.29, 0.717) is 29.0 Å². The van der Waals surface area contributed by atoms with Crippen LogP contribution in [0.2, 0.25) is 0 Å². The van der Waals surface area contributed by atoms with Crippen molar-refractivity contribution in [3.8, 4) is 22.3 Å². The fraction of sp³-hybridized carbons (Fsp3) is 0.550. The molecule has 43 heavy (non-hydrogen) atoms. The predicted molar refractivity (Wildman–Crippen MR) is 177 cm³/mol. The summed E-state index contributed by atoms with van der Waals surface area (Å²) in [7, 11) is 0. The Kier molecular flexibility index (Phi) is 13.7. The lowest BCUT2D eigenvalue weighted by molar-refractivity contribution is 0.301. The summed E-state index contributed by atoms with van der Waals surface area (Å²) < 4.78 is 45.3. The van der Waals surface area contributed by atoms with Crippen LogP contribution in [0, 0.1) is 23.4 Å². The Balaban J connectivity index is 1.31. The Hall–Kier alpha value is -2.55. The van der Waals surface area contributed by atoms with Crippen molar-refractivity contribution in [2.45, 2.75) is 135 Å². The molecule has 1 aliphatic carbocycles. The highest BCUT2D eigenvalue weighted by Gasteiger charge is 2.23. The number of hydrogen-bond acceptors (Lipinski definition) is 0. The van der Waals surface area contributed by atoms with Crippen molar-refractivity contribution in [3.05, 3.63) is 83.2 Å². The van der Waals surface area contributed by atoms with Crippen molar-refractivity contribution in [3.63, 3.8) is 0 Å². The summed E-state index contributed by atoms with van der Waals surface area (Å²) in [6, 6.07) is 16.2. The highest BCUT2D eigenvalue weighted by molar-refractivity contribution is 5.71. The van der Waals surface area contributed by atoms with Gasteiger partial charge in [-0.3, -0.25) is 0 Å². The van der Waals surface area contributed by atoms with Gasteiger partial charge in [-0.25, -0.2) is 13.2 Å². The molecule has 0 heterocycles. The summed E-state index contributed by atoms with van der Waals surface area (Å²) in [6.45, 7) is 4.46. The maximum absolute atomic E-state index is 15.3. The highest BCUT2D eigenvalue weighted by atomic mass is 19.2. The van der Waals surface area contributed by atoms with Gasteiger partial charge in [0.1, 0.15) is 5.82 Å². The van der Waals surface area contributed by atoms with Crippen molar-refractivity contribution >= 4 is 0 Å². The van der Waals surface area contributed by atoms with Crippen molar-refractivity contribution in [1.29, 1.82) is 0 Å². The third kappa shape index (κ3) is 9.72. The number of rotatable bonds is 17. The van der Waals surface area contributed by atoms with E-state index >= 15 is 8.78 Å². The minimum absolute atomic E-state index is 0.213. The molecule has 0 saturated heterocycles. The largest absolute Gasteiger partial charge is 0.206 e. The lowest BCUT2D eigenvalue weighted by Gasteiger charge is -2.29. The van der Waals surface area contributed by atoms with E-state index < -0.39 is 11.6 Å². The number of unbranched alkanes of at least 4 members (excludes halogenated alkanes) is 10. The van der Waals surface area contributed by atoms with Crippen LogP contribution in [0.5, 0.6) is 0 Å². The van der Waals surface area contributed by atoms with Gasteiger partial charge in [0, 0.05) is 11.1 Å². The second kappa shape index (κ2) is 17.7. The first-order valence-electron chi connectivity index (χ1n) is 17.4. The molecular weight excluding hydrogens is 537 g/mol. The molecule has 0 bridgehead atoms. The highest BCUT2D eigenvalue weighted by Crippen LogP contribution is 2.39. The lowest BCUT2D eigenvalue weighted by atomic mass is 9.77. The van der Waals surface area contributed by atoms with Gasteiger partial charge < -0.3 is 0 Å². The average Bonchev–Trinajstić information content (AvgIpc) is 3.03. The van der Waals surface area contributed by atoms with Crippen molar-refractivity contribution in [2.75, 3.05) is 0 Å². The molecule has 0 aromatic heterocycles. The molecule has 3 heteroatoms. The molecule has 234 valence electrons. The van der Waals surface area contributed by atoms with Crippen molar-refractivity contribution < 1.29 is 13.2 Å². The van der Waals surface area contributed by atoms with E-state index in [-0.39, 0.29) is 11.4 Å². The Morgan fingerprint density at radius 1 is 0.558 bits per heavy atom. The Morgan fingerprint density at radius 3 is 1.74 bits per heavy atom. The van der Waals surface area contributed by atoms with Gasteiger partial charge in [0.05, 0.1) is 0 Å². The molecule has 1 fully saturated rings. The summed E-state index contributed by atoms with van der Waals surface area (Å²) in [4.78, 5) is 0. The molecule has 0 atom stereocenters. The molecule has 0 aliphatic heterocycles. The second-order valence-electron chi connectivity index (χ2n) is 13.0. The zero-order valence-electron chi connectivity index (χ0n) is 26.7. The third-order valence-electron chi connectivity index (χ3n) is 9.75. The fourth-order valence-electron chi connectivity index (χ4n) is 6.95. The van der Waals surface area contributed by atoms with Crippen LogP contribution in [0.25, 0.3) is 22.3 Å². The van der Waals surface area contributed by atoms with Gasteiger partial charge >= 0.3 is 0 Å². The van der Waals surface area contributed by atoms with Crippen LogP contribution in [0.4, 0.5) is 13.2 Å². The van der Waals surface area contributed by atoms with Crippen LogP contribution in [0.15, 0.2) is 54.6 Å². The quantitative estimate of drug-likeness (QED) is 0.137. The molecule has 0 nitrogen and oxygen atoms in total. The van der Waals surface area contributed by atoms with Crippen LogP contribution in [-0.2, 0) is 6.42 Å². The summed E-state index contributed by atoms with van der Waals surface area (Å²) in [5.41, 5.74) is 3.70. The third-order valence-corrected chi connectivity index (χ3v) is 9.75. The van der Waals surface area contributed by atoms with E-state index in [1.807, 2.05) is 18.2 Å². The molecule has 1 aliphatic rings. The normalized spacial score (nSPS) is 17.0. The van der Waals surface area contributed by atoms with Gasteiger partial charge in [-0.1, -0.05) is 139 Å². The molecule has 0 spiro atoms. The number of halogens is 3.